The Morgan fingerprint density at radius 3 is 2.64 bits per heavy atom. The molecule has 0 bridgehead atoms. The van der Waals surface area contributed by atoms with Gasteiger partial charge in [-0.3, -0.25) is 4.90 Å². The van der Waals surface area contributed by atoms with Crippen LogP contribution in [0.2, 0.25) is 5.15 Å². The van der Waals surface area contributed by atoms with E-state index < -0.39 is 0 Å². The summed E-state index contributed by atoms with van der Waals surface area (Å²) in [4.78, 5) is 6.24. The summed E-state index contributed by atoms with van der Waals surface area (Å²) in [5, 5.41) is 12.9. The molecule has 3 nitrogen and oxygen atoms in total. The first kappa shape index (κ1) is 14.8. The molecule has 2 aromatic carbocycles. The smallest absolute Gasteiger partial charge is 0.129 e. The highest BCUT2D eigenvalue weighted by Gasteiger charge is 2.10. The van der Waals surface area contributed by atoms with Gasteiger partial charge in [-0.05, 0) is 35.5 Å². The van der Waals surface area contributed by atoms with E-state index in [1.807, 2.05) is 37.4 Å². The number of phenolic OH excluding ortho intramolecular Hbond substituents is 1. The van der Waals surface area contributed by atoms with Crippen molar-refractivity contribution < 1.29 is 5.11 Å². The summed E-state index contributed by atoms with van der Waals surface area (Å²) in [5.74, 6) is 0.333. The van der Waals surface area contributed by atoms with Crippen molar-refractivity contribution in [2.45, 2.75) is 13.1 Å². The summed E-state index contributed by atoms with van der Waals surface area (Å²) < 4.78 is 0. The van der Waals surface area contributed by atoms with Crippen LogP contribution in [0.15, 0.2) is 54.7 Å². The molecule has 3 aromatic rings. The van der Waals surface area contributed by atoms with Crippen LogP contribution in [0.25, 0.3) is 10.8 Å². The zero-order valence-corrected chi connectivity index (χ0v) is 13.1. The summed E-state index contributed by atoms with van der Waals surface area (Å²) in [5.41, 5.74) is 2.04. The van der Waals surface area contributed by atoms with Crippen LogP contribution in [0, 0.1) is 0 Å². The average Bonchev–Trinajstić information content (AvgIpc) is 2.52. The minimum Gasteiger partial charge on any atom is -0.508 e. The van der Waals surface area contributed by atoms with Crippen molar-refractivity contribution in [3.8, 4) is 5.75 Å². The lowest BCUT2D eigenvalue weighted by Crippen LogP contribution is -2.17. The van der Waals surface area contributed by atoms with E-state index in [0.29, 0.717) is 17.4 Å². The molecule has 0 unspecified atom stereocenters. The minimum atomic E-state index is 0.333. The van der Waals surface area contributed by atoms with Crippen LogP contribution in [0.3, 0.4) is 0 Å². The molecule has 0 saturated carbocycles. The van der Waals surface area contributed by atoms with Gasteiger partial charge in [-0.15, -0.1) is 0 Å². The van der Waals surface area contributed by atoms with Gasteiger partial charge in [-0.1, -0.05) is 48.0 Å². The average molecular weight is 313 g/mol. The van der Waals surface area contributed by atoms with Crippen LogP contribution in [0.5, 0.6) is 5.75 Å². The van der Waals surface area contributed by atoms with E-state index in [0.717, 1.165) is 28.4 Å². The second kappa shape index (κ2) is 6.34. The van der Waals surface area contributed by atoms with Crippen LogP contribution in [0.4, 0.5) is 0 Å². The van der Waals surface area contributed by atoms with Crippen LogP contribution in [-0.4, -0.2) is 22.0 Å². The number of hydrogen-bond acceptors (Lipinski definition) is 3. The molecule has 0 spiro atoms. The lowest BCUT2D eigenvalue weighted by Gasteiger charge is -2.19. The van der Waals surface area contributed by atoms with Gasteiger partial charge in [-0.25, -0.2) is 4.98 Å². The third kappa shape index (κ3) is 3.21. The Labute approximate surface area is 134 Å². The number of hydrogen-bond donors (Lipinski definition) is 1. The van der Waals surface area contributed by atoms with Crippen molar-refractivity contribution in [3.05, 3.63) is 71.0 Å². The normalized spacial score (nSPS) is 11.2. The number of halogens is 1. The van der Waals surface area contributed by atoms with Crippen molar-refractivity contribution in [3.63, 3.8) is 0 Å². The van der Waals surface area contributed by atoms with Crippen molar-refractivity contribution in [1.29, 1.82) is 0 Å². The molecule has 0 amide bonds. The first-order valence-electron chi connectivity index (χ1n) is 7.12. The molecule has 4 heteroatoms. The SMILES string of the molecule is CN(Cc1ccc(Cl)nc1)Cc1c(O)ccc2ccccc12. The van der Waals surface area contributed by atoms with Crippen molar-refractivity contribution >= 4 is 22.4 Å². The first-order chi connectivity index (χ1) is 10.6. The number of rotatable bonds is 4. The number of benzene rings is 2. The highest BCUT2D eigenvalue weighted by atomic mass is 35.5. The molecule has 1 heterocycles. The van der Waals surface area contributed by atoms with Crippen molar-refractivity contribution in [2.24, 2.45) is 0 Å². The molecule has 1 N–H and O–H groups in total. The van der Waals surface area contributed by atoms with E-state index in [9.17, 15) is 5.11 Å². The van der Waals surface area contributed by atoms with Crippen LogP contribution in [-0.2, 0) is 13.1 Å². The highest BCUT2D eigenvalue weighted by molar-refractivity contribution is 6.29. The quantitative estimate of drug-likeness (QED) is 0.733. The molecule has 0 atom stereocenters. The van der Waals surface area contributed by atoms with E-state index >= 15 is 0 Å². The van der Waals surface area contributed by atoms with Gasteiger partial charge in [0.25, 0.3) is 0 Å². The fourth-order valence-corrected chi connectivity index (χ4v) is 2.74. The Kier molecular flexibility index (Phi) is 4.27. The third-order valence-electron chi connectivity index (χ3n) is 3.69. The summed E-state index contributed by atoms with van der Waals surface area (Å²) in [6, 6.07) is 15.6. The van der Waals surface area contributed by atoms with Gasteiger partial charge in [0.05, 0.1) is 0 Å². The fourth-order valence-electron chi connectivity index (χ4n) is 2.63. The van der Waals surface area contributed by atoms with Gasteiger partial charge in [0, 0.05) is 24.8 Å². The van der Waals surface area contributed by atoms with E-state index in [2.05, 4.69) is 16.0 Å². The molecule has 0 fully saturated rings. The predicted octanol–water partition coefficient (Wildman–Crippen LogP) is 4.23. The summed E-state index contributed by atoms with van der Waals surface area (Å²) >= 11 is 5.81. The first-order valence-corrected chi connectivity index (χ1v) is 7.50. The number of fused-ring (bicyclic) bond motifs is 1. The Morgan fingerprint density at radius 2 is 1.86 bits per heavy atom. The number of aromatic nitrogens is 1. The maximum Gasteiger partial charge on any atom is 0.129 e. The third-order valence-corrected chi connectivity index (χ3v) is 3.91. The lowest BCUT2D eigenvalue weighted by atomic mass is 10.0. The standard InChI is InChI=1S/C18H17ClN2O/c1-21(11-13-6-9-18(19)20-10-13)12-16-15-5-3-2-4-14(15)7-8-17(16)22/h2-10,22H,11-12H2,1H3. The molecule has 22 heavy (non-hydrogen) atoms. The monoisotopic (exact) mass is 312 g/mol. The molecule has 0 aliphatic rings. The van der Waals surface area contributed by atoms with Crippen molar-refractivity contribution in [2.75, 3.05) is 7.05 Å². The second-order valence-corrected chi connectivity index (χ2v) is 5.83. The largest absolute Gasteiger partial charge is 0.508 e. The zero-order valence-electron chi connectivity index (χ0n) is 12.3. The zero-order chi connectivity index (χ0) is 15.5. The lowest BCUT2D eigenvalue weighted by molar-refractivity contribution is 0.313. The number of pyridine rings is 1. The second-order valence-electron chi connectivity index (χ2n) is 5.45. The Balaban J connectivity index is 1.83. The molecule has 0 radical (unpaired) electrons. The Hall–Kier alpha value is -2.10. The summed E-state index contributed by atoms with van der Waals surface area (Å²) in [7, 11) is 2.02. The van der Waals surface area contributed by atoms with E-state index in [4.69, 9.17) is 11.6 Å². The Bertz CT molecular complexity index is 787. The van der Waals surface area contributed by atoms with E-state index in [1.54, 1.807) is 18.3 Å². The van der Waals surface area contributed by atoms with Gasteiger partial charge >= 0.3 is 0 Å². The van der Waals surface area contributed by atoms with Gasteiger partial charge in [0.1, 0.15) is 10.9 Å². The van der Waals surface area contributed by atoms with E-state index in [-0.39, 0.29) is 0 Å². The molecular weight excluding hydrogens is 296 g/mol. The Morgan fingerprint density at radius 1 is 1.05 bits per heavy atom. The molecule has 3 rings (SSSR count). The van der Waals surface area contributed by atoms with Gasteiger partial charge < -0.3 is 5.11 Å². The van der Waals surface area contributed by atoms with Gasteiger partial charge in [0.2, 0.25) is 0 Å². The molecule has 0 aliphatic carbocycles. The van der Waals surface area contributed by atoms with Crippen LogP contribution in [0.1, 0.15) is 11.1 Å². The van der Waals surface area contributed by atoms with Crippen molar-refractivity contribution in [1.82, 2.24) is 9.88 Å². The summed E-state index contributed by atoms with van der Waals surface area (Å²) in [6.45, 7) is 1.41. The fraction of sp³-hybridized carbons (Fsp3) is 0.167. The molecular formula is C18H17ClN2O. The highest BCUT2D eigenvalue weighted by Crippen LogP contribution is 2.28. The molecule has 112 valence electrons. The molecule has 0 saturated heterocycles. The predicted molar refractivity (Wildman–Crippen MR) is 90.0 cm³/mol. The van der Waals surface area contributed by atoms with Gasteiger partial charge in [-0.2, -0.15) is 0 Å². The number of nitrogens with zero attached hydrogens (tertiary/aromatic N) is 2. The molecule has 1 aromatic heterocycles. The topological polar surface area (TPSA) is 36.4 Å². The van der Waals surface area contributed by atoms with Gasteiger partial charge in [0.15, 0.2) is 0 Å². The van der Waals surface area contributed by atoms with Crippen LogP contribution >= 0.6 is 11.6 Å². The number of aromatic hydroxyl groups is 1. The maximum atomic E-state index is 10.2. The molecule has 0 aliphatic heterocycles. The summed E-state index contributed by atoms with van der Waals surface area (Å²) in [6.07, 6.45) is 1.78. The maximum absolute atomic E-state index is 10.2. The van der Waals surface area contributed by atoms with Crippen LogP contribution < -0.4 is 0 Å². The number of phenols is 1. The minimum absolute atomic E-state index is 0.333. The van der Waals surface area contributed by atoms with E-state index in [1.165, 1.54) is 0 Å².